The van der Waals surface area contributed by atoms with E-state index in [0.29, 0.717) is 95.1 Å². The molecule has 3 N–H and O–H groups in total. The second kappa shape index (κ2) is 21.4. The summed E-state index contributed by atoms with van der Waals surface area (Å²) in [4.78, 5) is 100. The number of sulfone groups is 1. The summed E-state index contributed by atoms with van der Waals surface area (Å²) in [6.07, 6.45) is 11.5. The van der Waals surface area contributed by atoms with Gasteiger partial charge in [-0.1, -0.05) is 11.8 Å². The van der Waals surface area contributed by atoms with Crippen molar-refractivity contribution >= 4 is 121 Å². The first kappa shape index (κ1) is 53.3. The topological polar surface area (TPSA) is 329 Å². The highest BCUT2D eigenvalue weighted by atomic mass is 32.2. The molecule has 6 aliphatic rings. The predicted octanol–water partition coefficient (Wildman–Crippen LogP) is 0.170. The van der Waals surface area contributed by atoms with Gasteiger partial charge in [0.05, 0.1) is 68.3 Å². The minimum absolute atomic E-state index is 0.0175. The molecule has 78 heavy (non-hydrogen) atoms. The van der Waals surface area contributed by atoms with Crippen LogP contribution in [-0.2, 0) is 49.4 Å². The van der Waals surface area contributed by atoms with Crippen molar-refractivity contribution in [2.75, 3.05) is 72.7 Å². The fourth-order valence-corrected chi connectivity index (χ4v) is 10.3. The van der Waals surface area contributed by atoms with Crippen molar-refractivity contribution in [1.29, 1.82) is 0 Å². The highest BCUT2D eigenvalue weighted by molar-refractivity contribution is 7.98. The third-order valence-electron chi connectivity index (χ3n) is 12.8. The molecular formula is C45H45F3N18O9S3. The normalized spacial score (nSPS) is 22.6. The van der Waals surface area contributed by atoms with Gasteiger partial charge in [-0.2, -0.15) is 53.8 Å². The number of carbonyl (C=O) groups is 6. The molecule has 0 saturated carbocycles. The average molecular weight is 1140 g/mol. The van der Waals surface area contributed by atoms with E-state index in [0.717, 1.165) is 6.26 Å². The molecular weight excluding hydrogens is 1090 g/mol. The molecule has 6 aromatic heterocycles. The number of halogens is 3. The van der Waals surface area contributed by atoms with E-state index in [1.807, 2.05) is 11.2 Å². The average Bonchev–Trinajstić information content (AvgIpc) is 4.38. The number of nitrogens with zero attached hydrogens (tertiary/aromatic N) is 15. The molecule has 33 heteroatoms. The van der Waals surface area contributed by atoms with Gasteiger partial charge in [-0.3, -0.25) is 48.9 Å². The lowest BCUT2D eigenvalue weighted by Crippen LogP contribution is -2.25. The van der Waals surface area contributed by atoms with Crippen LogP contribution >= 0.6 is 11.8 Å². The van der Waals surface area contributed by atoms with Crippen LogP contribution in [0.1, 0.15) is 55.2 Å². The number of hydrogen-bond donors (Lipinski definition) is 3. The van der Waals surface area contributed by atoms with Crippen LogP contribution in [0.15, 0.2) is 50.8 Å². The van der Waals surface area contributed by atoms with E-state index in [9.17, 15) is 54.6 Å². The zero-order valence-corrected chi connectivity index (χ0v) is 43.9. The zero-order valence-electron chi connectivity index (χ0n) is 41.4. The van der Waals surface area contributed by atoms with Crippen molar-refractivity contribution in [3.05, 3.63) is 52.0 Å². The van der Waals surface area contributed by atoms with Gasteiger partial charge < -0.3 is 14.7 Å². The van der Waals surface area contributed by atoms with Gasteiger partial charge in [-0.25, -0.2) is 26.6 Å². The molecule has 6 fully saturated rings. The summed E-state index contributed by atoms with van der Waals surface area (Å²) in [6.45, 7) is 1.92. The Kier molecular flexibility index (Phi) is 14.6. The molecule has 4 atom stereocenters. The largest absolute Gasteiger partial charge is 0.338 e. The molecule has 1 unspecified atom stereocenters. The summed E-state index contributed by atoms with van der Waals surface area (Å²) in [5.74, 6) is -1.42. The predicted molar refractivity (Wildman–Crippen MR) is 272 cm³/mol. The minimum atomic E-state index is -3.74. The molecule has 0 aliphatic carbocycles. The Morgan fingerprint density at radius 2 is 0.949 bits per heavy atom. The fraction of sp³-hybridized carbons (Fsp3) is 0.400. The van der Waals surface area contributed by atoms with Crippen molar-refractivity contribution in [3.63, 3.8) is 0 Å². The molecule has 12 rings (SSSR count). The van der Waals surface area contributed by atoms with Gasteiger partial charge in [-0.15, -0.1) is 0 Å². The van der Waals surface area contributed by atoms with Crippen molar-refractivity contribution in [3.8, 4) is 0 Å². The maximum Gasteiger partial charge on any atom is 0.254 e. The summed E-state index contributed by atoms with van der Waals surface area (Å²) in [7, 11) is -5.19. The van der Waals surface area contributed by atoms with Gasteiger partial charge >= 0.3 is 0 Å². The fourth-order valence-electron chi connectivity index (χ4n) is 9.01. The van der Waals surface area contributed by atoms with E-state index in [1.54, 1.807) is 26.6 Å². The summed E-state index contributed by atoms with van der Waals surface area (Å²) >= 11 is 1.38. The molecule has 6 aliphatic heterocycles. The van der Waals surface area contributed by atoms with Crippen LogP contribution in [0.25, 0.3) is 35.2 Å². The second-order valence-electron chi connectivity index (χ2n) is 18.5. The quantitative estimate of drug-likeness (QED) is 0.0987. The first-order valence-electron chi connectivity index (χ1n) is 23.9. The number of anilines is 3. The lowest BCUT2D eigenvalue weighted by atomic mass is 10.1. The van der Waals surface area contributed by atoms with Gasteiger partial charge in [0, 0.05) is 65.6 Å². The number of hydrogen-bond acceptors (Lipinski definition) is 22. The number of amides is 6. The van der Waals surface area contributed by atoms with Crippen LogP contribution in [0.2, 0.25) is 0 Å². The van der Waals surface area contributed by atoms with Gasteiger partial charge in [0.25, 0.3) is 22.9 Å². The molecule has 6 aromatic rings. The third-order valence-corrected chi connectivity index (χ3v) is 14.9. The van der Waals surface area contributed by atoms with Gasteiger partial charge in [-0.05, 0) is 43.7 Å². The van der Waals surface area contributed by atoms with Crippen molar-refractivity contribution in [2.45, 2.75) is 72.5 Å². The van der Waals surface area contributed by atoms with E-state index < -0.39 is 67.9 Å². The Labute approximate surface area is 445 Å². The lowest BCUT2D eigenvalue weighted by Gasteiger charge is -2.17. The van der Waals surface area contributed by atoms with Crippen LogP contribution in [-0.4, -0.2) is 183 Å². The Balaban J connectivity index is 0.000000132. The number of fused-ring (bicyclic) bond motifs is 3. The zero-order chi connectivity index (χ0) is 55.3. The van der Waals surface area contributed by atoms with Crippen LogP contribution < -0.4 is 30.7 Å². The van der Waals surface area contributed by atoms with E-state index in [2.05, 4.69) is 61.2 Å². The van der Waals surface area contributed by atoms with Crippen molar-refractivity contribution in [2.24, 2.45) is 0 Å². The molecule has 12 heterocycles. The van der Waals surface area contributed by atoms with Gasteiger partial charge in [0.2, 0.25) is 50.6 Å². The molecule has 0 radical (unpaired) electrons. The molecule has 27 nitrogen and oxygen atoms in total. The molecule has 0 aromatic carbocycles. The lowest BCUT2D eigenvalue weighted by molar-refractivity contribution is -0.125. The Morgan fingerprint density at radius 1 is 0.577 bits per heavy atom. The Morgan fingerprint density at radius 3 is 1.28 bits per heavy atom. The molecule has 0 spiro atoms. The summed E-state index contributed by atoms with van der Waals surface area (Å²) in [6, 6.07) is 0. The molecule has 6 saturated heterocycles. The smallest absolute Gasteiger partial charge is 0.254 e. The Bertz CT molecular complexity index is 3770. The standard InChI is InChI=1S/C15H15FN6O4S.C15H15FN6O3S.C15H15FN6O2S/c1-27(25,26)14-19-12-9(4-8-5-11(23)18-13(8)24)6-17-22(12)15(20-14)21-3-2-10(16)7-21;1-26(25)14-19-12-9(4-8-5-11(23)18-13(8)24)6-17-22(12)15(20-14)21-3-2-10(16)7-21;1-25-14-19-12-9(4-8-5-11(23)18-13(8)24)6-17-22(12)15(20-14)21-3-2-10(16)7-21/h4,6,10H,2-3,5,7H2,1H3,(H,18,23,24);4,6,10H,2-3,5,7H2,1H3,(H,18,23,24);4,6,10H,2-3,5,7H2,1H3,(H,18,23,24)/b3*8-4+/t10-;10-,26?;10-/m000/s1. The number of nitrogens with one attached hydrogen (secondary N) is 3. The van der Waals surface area contributed by atoms with E-state index in [1.165, 1.54) is 51.6 Å². The summed E-state index contributed by atoms with van der Waals surface area (Å²) < 4.78 is 81.1. The van der Waals surface area contributed by atoms with Gasteiger partial charge in [0.15, 0.2) is 22.1 Å². The number of imide groups is 3. The monoisotopic (exact) mass is 1130 g/mol. The number of thioether (sulfide) groups is 1. The van der Waals surface area contributed by atoms with Crippen molar-refractivity contribution in [1.82, 2.24) is 74.7 Å². The number of alkyl halides is 3. The summed E-state index contributed by atoms with van der Waals surface area (Å²) in [5, 5.41) is 19.6. The highest BCUT2D eigenvalue weighted by Gasteiger charge is 2.32. The maximum absolute atomic E-state index is 13.6. The second-order valence-corrected chi connectivity index (χ2v) is 22.5. The van der Waals surface area contributed by atoms with Crippen LogP contribution in [0.4, 0.5) is 31.0 Å². The van der Waals surface area contributed by atoms with E-state index in [-0.39, 0.29) is 73.0 Å². The minimum Gasteiger partial charge on any atom is -0.338 e. The van der Waals surface area contributed by atoms with Gasteiger partial charge in [0.1, 0.15) is 18.5 Å². The van der Waals surface area contributed by atoms with Crippen LogP contribution in [0.5, 0.6) is 0 Å². The van der Waals surface area contributed by atoms with E-state index >= 15 is 0 Å². The molecule has 0 bridgehead atoms. The number of carbonyl (C=O) groups excluding carboxylic acids is 6. The SMILES string of the molecule is CS(=O)(=O)c1nc(N2CC[C@H](F)C2)n2ncc(/C=C3\CC(=O)NC3=O)c2n1.CS(=O)c1nc(N2CC[C@H](F)C2)n2ncc(/C=C3\CC(=O)NC3=O)c2n1.CSc1nc(N2CC[C@H](F)C2)n2ncc(/C=C3\CC(=O)NC3=O)c2n1. The molecule has 6 amide bonds. The van der Waals surface area contributed by atoms with E-state index in [4.69, 9.17) is 0 Å². The number of aromatic nitrogens is 12. The first-order valence-corrected chi connectivity index (χ1v) is 28.5. The van der Waals surface area contributed by atoms with Crippen LogP contribution in [0, 0.1) is 0 Å². The van der Waals surface area contributed by atoms with Crippen molar-refractivity contribution < 1.29 is 54.6 Å². The molecule has 408 valence electrons. The third kappa shape index (κ3) is 11.1. The Hall–Kier alpha value is -8.07. The van der Waals surface area contributed by atoms with Crippen LogP contribution in [0.3, 0.4) is 0 Å². The highest BCUT2D eigenvalue weighted by Crippen LogP contribution is 2.29. The summed E-state index contributed by atoms with van der Waals surface area (Å²) in [5.41, 5.74) is 3.40. The first-order chi connectivity index (χ1) is 37.2. The maximum atomic E-state index is 13.6. The number of rotatable bonds is 9.